The molecule has 0 atom stereocenters. The predicted octanol–water partition coefficient (Wildman–Crippen LogP) is 2.14. The van der Waals surface area contributed by atoms with Crippen molar-refractivity contribution in [2.75, 3.05) is 0 Å². The maximum atomic E-state index is 8.80. The van der Waals surface area contributed by atoms with E-state index in [-0.39, 0.29) is 0 Å². The smallest absolute Gasteiger partial charge is 0.101 e. The first kappa shape index (κ1) is 7.30. The van der Waals surface area contributed by atoms with E-state index in [2.05, 4.69) is 11.1 Å². The van der Waals surface area contributed by atoms with Gasteiger partial charge in [0.25, 0.3) is 0 Å². The Kier molecular flexibility index (Phi) is 1.58. The number of pyridine rings is 1. The van der Waals surface area contributed by atoms with E-state index in [0.717, 1.165) is 11.3 Å². The minimum atomic E-state index is 0.640. The molecule has 0 spiro atoms. The van der Waals surface area contributed by atoms with Crippen molar-refractivity contribution in [2.45, 2.75) is 25.7 Å². The van der Waals surface area contributed by atoms with Gasteiger partial charge in [-0.05, 0) is 37.3 Å². The monoisotopic (exact) mass is 158 g/mol. The maximum Gasteiger partial charge on any atom is 0.101 e. The lowest BCUT2D eigenvalue weighted by Crippen LogP contribution is -1.91. The Morgan fingerprint density at radius 2 is 2.33 bits per heavy atom. The van der Waals surface area contributed by atoms with Gasteiger partial charge < -0.3 is 0 Å². The van der Waals surface area contributed by atoms with Crippen molar-refractivity contribution in [3.05, 3.63) is 29.1 Å². The van der Waals surface area contributed by atoms with E-state index >= 15 is 0 Å². The Hall–Kier alpha value is -1.36. The molecule has 2 rings (SSSR count). The average Bonchev–Trinajstić information content (AvgIpc) is 2.87. The second-order valence-corrected chi connectivity index (χ2v) is 3.30. The molecule has 1 aliphatic rings. The third kappa shape index (κ3) is 1.18. The molecule has 60 valence electrons. The molecule has 2 nitrogen and oxygen atoms in total. The lowest BCUT2D eigenvalue weighted by atomic mass is 10.1. The van der Waals surface area contributed by atoms with E-state index < -0.39 is 0 Å². The van der Waals surface area contributed by atoms with Crippen molar-refractivity contribution in [1.82, 2.24) is 4.98 Å². The molecule has 1 aliphatic carbocycles. The minimum Gasteiger partial charge on any atom is -0.260 e. The summed E-state index contributed by atoms with van der Waals surface area (Å²) in [5.74, 6) is 0.640. The first-order valence-corrected chi connectivity index (χ1v) is 4.18. The average molecular weight is 158 g/mol. The van der Waals surface area contributed by atoms with E-state index in [1.165, 1.54) is 18.4 Å². The van der Waals surface area contributed by atoms with Gasteiger partial charge in [0.1, 0.15) is 6.07 Å². The molecule has 1 saturated carbocycles. The zero-order valence-electron chi connectivity index (χ0n) is 7.04. The van der Waals surface area contributed by atoms with Crippen molar-refractivity contribution >= 4 is 0 Å². The number of nitrogens with zero attached hydrogens (tertiary/aromatic N) is 2. The van der Waals surface area contributed by atoms with Gasteiger partial charge in [0.15, 0.2) is 0 Å². The third-order valence-corrected chi connectivity index (χ3v) is 2.21. The largest absolute Gasteiger partial charge is 0.260 e. The van der Waals surface area contributed by atoms with Crippen molar-refractivity contribution < 1.29 is 0 Å². The highest BCUT2D eigenvalue weighted by Gasteiger charge is 2.26. The summed E-state index contributed by atoms with van der Waals surface area (Å²) in [6, 6.07) is 4.22. The molecule has 0 saturated heterocycles. The van der Waals surface area contributed by atoms with E-state index in [0.29, 0.717) is 5.92 Å². The highest BCUT2D eigenvalue weighted by Crippen LogP contribution is 2.41. The molecule has 0 radical (unpaired) electrons. The Labute approximate surface area is 71.9 Å². The fraction of sp³-hybridized carbons (Fsp3) is 0.400. The molecule has 0 aliphatic heterocycles. The highest BCUT2D eigenvalue weighted by molar-refractivity contribution is 5.40. The molecular weight excluding hydrogens is 148 g/mol. The number of rotatable bonds is 1. The van der Waals surface area contributed by atoms with Gasteiger partial charge in [0.2, 0.25) is 0 Å². The summed E-state index contributed by atoms with van der Waals surface area (Å²) in [6.45, 7) is 1.97. The van der Waals surface area contributed by atoms with Gasteiger partial charge in [-0.15, -0.1) is 0 Å². The first-order chi connectivity index (χ1) is 5.81. The maximum absolute atomic E-state index is 8.80. The van der Waals surface area contributed by atoms with Gasteiger partial charge in [0, 0.05) is 11.9 Å². The summed E-state index contributed by atoms with van der Waals surface area (Å²) in [6.07, 6.45) is 4.15. The number of hydrogen-bond donors (Lipinski definition) is 0. The predicted molar refractivity (Wildman–Crippen MR) is 45.7 cm³/mol. The Bertz CT molecular complexity index is 345. The number of aromatic nitrogens is 1. The van der Waals surface area contributed by atoms with Crippen LogP contribution in [0.25, 0.3) is 0 Å². The number of nitriles is 1. The van der Waals surface area contributed by atoms with Crippen molar-refractivity contribution in [3.63, 3.8) is 0 Å². The standard InChI is InChI=1S/C10H10N2/c1-7-4-10(8-2-3-8)9(5-11)6-12-7/h4,6,8H,2-3H2,1H3. The lowest BCUT2D eigenvalue weighted by Gasteiger charge is -2.01. The molecule has 0 amide bonds. The van der Waals surface area contributed by atoms with E-state index in [1.807, 2.05) is 13.0 Å². The molecule has 1 fully saturated rings. The van der Waals surface area contributed by atoms with Crippen molar-refractivity contribution in [2.24, 2.45) is 0 Å². The van der Waals surface area contributed by atoms with Crippen LogP contribution in [0.3, 0.4) is 0 Å². The number of hydrogen-bond acceptors (Lipinski definition) is 2. The summed E-state index contributed by atoms with van der Waals surface area (Å²) in [5, 5.41) is 8.80. The molecule has 1 heterocycles. The fourth-order valence-corrected chi connectivity index (χ4v) is 1.41. The normalized spacial score (nSPS) is 15.7. The van der Waals surface area contributed by atoms with Crippen LogP contribution in [0.1, 0.15) is 35.6 Å². The fourth-order valence-electron chi connectivity index (χ4n) is 1.41. The quantitative estimate of drug-likeness (QED) is 0.627. The van der Waals surface area contributed by atoms with Crippen molar-refractivity contribution in [3.8, 4) is 6.07 Å². The topological polar surface area (TPSA) is 36.7 Å². The van der Waals surface area contributed by atoms with Crippen LogP contribution in [0.5, 0.6) is 0 Å². The van der Waals surface area contributed by atoms with Crippen LogP contribution >= 0.6 is 0 Å². The highest BCUT2D eigenvalue weighted by atomic mass is 14.7. The van der Waals surface area contributed by atoms with E-state index in [4.69, 9.17) is 5.26 Å². The Morgan fingerprint density at radius 3 is 2.92 bits per heavy atom. The second kappa shape index (κ2) is 2.60. The van der Waals surface area contributed by atoms with Gasteiger partial charge in [-0.1, -0.05) is 0 Å². The zero-order chi connectivity index (χ0) is 8.55. The summed E-state index contributed by atoms with van der Waals surface area (Å²) in [4.78, 5) is 4.10. The van der Waals surface area contributed by atoms with Gasteiger partial charge >= 0.3 is 0 Å². The molecule has 1 aromatic heterocycles. The van der Waals surface area contributed by atoms with Crippen LogP contribution in [-0.4, -0.2) is 4.98 Å². The molecular formula is C10H10N2. The van der Waals surface area contributed by atoms with E-state index in [9.17, 15) is 0 Å². The SMILES string of the molecule is Cc1cc(C2CC2)c(C#N)cn1. The molecule has 2 heteroatoms. The molecule has 0 bridgehead atoms. The first-order valence-electron chi connectivity index (χ1n) is 4.18. The zero-order valence-corrected chi connectivity index (χ0v) is 7.04. The summed E-state index contributed by atoms with van der Waals surface area (Å²) >= 11 is 0. The summed E-state index contributed by atoms with van der Waals surface area (Å²) in [5.41, 5.74) is 2.96. The third-order valence-electron chi connectivity index (χ3n) is 2.21. The lowest BCUT2D eigenvalue weighted by molar-refractivity contribution is 1.06. The Morgan fingerprint density at radius 1 is 1.58 bits per heavy atom. The van der Waals surface area contributed by atoms with Crippen LogP contribution in [0.15, 0.2) is 12.3 Å². The van der Waals surface area contributed by atoms with Gasteiger partial charge in [0.05, 0.1) is 5.56 Å². The van der Waals surface area contributed by atoms with Crippen LogP contribution in [0.2, 0.25) is 0 Å². The second-order valence-electron chi connectivity index (χ2n) is 3.30. The molecule has 12 heavy (non-hydrogen) atoms. The molecule has 0 unspecified atom stereocenters. The van der Waals surface area contributed by atoms with Crippen LogP contribution in [-0.2, 0) is 0 Å². The molecule has 0 N–H and O–H groups in total. The summed E-state index contributed by atoms with van der Waals surface area (Å²) in [7, 11) is 0. The minimum absolute atomic E-state index is 0.640. The van der Waals surface area contributed by atoms with Gasteiger partial charge in [-0.25, -0.2) is 0 Å². The summed E-state index contributed by atoms with van der Waals surface area (Å²) < 4.78 is 0. The molecule has 0 aromatic carbocycles. The van der Waals surface area contributed by atoms with Crippen molar-refractivity contribution in [1.29, 1.82) is 5.26 Å². The van der Waals surface area contributed by atoms with Crippen LogP contribution in [0.4, 0.5) is 0 Å². The number of aryl methyl sites for hydroxylation is 1. The van der Waals surface area contributed by atoms with Crippen LogP contribution in [0, 0.1) is 18.3 Å². The van der Waals surface area contributed by atoms with Gasteiger partial charge in [-0.2, -0.15) is 5.26 Å². The molecule has 1 aromatic rings. The Balaban J connectivity index is 2.48. The van der Waals surface area contributed by atoms with Crippen LogP contribution < -0.4 is 0 Å². The van der Waals surface area contributed by atoms with Gasteiger partial charge in [-0.3, -0.25) is 4.98 Å². The van der Waals surface area contributed by atoms with E-state index in [1.54, 1.807) is 6.20 Å².